The van der Waals surface area contributed by atoms with Gasteiger partial charge in [0.15, 0.2) is 0 Å². The van der Waals surface area contributed by atoms with E-state index in [0.717, 1.165) is 0 Å². The smallest absolute Gasteiger partial charge is 0.0232 e. The van der Waals surface area contributed by atoms with Crippen molar-refractivity contribution < 1.29 is 0 Å². The number of fused-ring (bicyclic) bond motifs is 1. The summed E-state index contributed by atoms with van der Waals surface area (Å²) in [6, 6.07) is 0. The predicted octanol–water partition coefficient (Wildman–Crippen LogP) is 3.76. The molecule has 0 nitrogen and oxygen atoms in total. The van der Waals surface area contributed by atoms with Gasteiger partial charge in [-0.15, -0.1) is 0 Å². The molecule has 2 rings (SSSR count). The molecule has 0 heteroatoms. The van der Waals surface area contributed by atoms with Crippen molar-refractivity contribution >= 4 is 0 Å². The van der Waals surface area contributed by atoms with Crippen LogP contribution in [0.3, 0.4) is 0 Å². The van der Waals surface area contributed by atoms with Crippen LogP contribution in [0.1, 0.15) is 39.5 Å². The number of allylic oxidation sites excluding steroid dienone is 6. The molecule has 12 heavy (non-hydrogen) atoms. The number of hydrogen-bond acceptors (Lipinski definition) is 0. The van der Waals surface area contributed by atoms with E-state index in [2.05, 4.69) is 26.0 Å². The van der Waals surface area contributed by atoms with E-state index in [1.165, 1.54) is 31.3 Å². The zero-order valence-electron chi connectivity index (χ0n) is 7.98. The Morgan fingerprint density at radius 3 is 2.92 bits per heavy atom. The first kappa shape index (κ1) is 7.85. The fraction of sp³-hybridized carbons (Fsp3) is 0.500. The summed E-state index contributed by atoms with van der Waals surface area (Å²) in [6.45, 7) is 4.51. The van der Waals surface area contributed by atoms with E-state index in [-0.39, 0.29) is 0 Å². The minimum absolute atomic E-state index is 1.19. The quantitative estimate of drug-likeness (QED) is 0.548. The van der Waals surface area contributed by atoms with Gasteiger partial charge in [0.05, 0.1) is 0 Å². The molecule has 64 valence electrons. The molecule has 0 bridgehead atoms. The fourth-order valence-electron chi connectivity index (χ4n) is 2.21. The Bertz CT molecular complexity index is 287. The van der Waals surface area contributed by atoms with Crippen molar-refractivity contribution in [2.75, 3.05) is 0 Å². The van der Waals surface area contributed by atoms with Gasteiger partial charge in [0.25, 0.3) is 0 Å². The summed E-state index contributed by atoms with van der Waals surface area (Å²) in [5.74, 6) is 0. The molecule has 0 aliphatic heterocycles. The van der Waals surface area contributed by atoms with Gasteiger partial charge in [-0.25, -0.2) is 0 Å². The molecule has 2 aliphatic carbocycles. The summed E-state index contributed by atoms with van der Waals surface area (Å²) in [6.07, 6.45) is 9.92. The third kappa shape index (κ3) is 1.06. The standard InChI is InChI=1S/C12H16/c1-3-10-8-11-6-4-5-7-12(11)9(10)2/h7-8H,3-6H2,1-2H3. The minimum atomic E-state index is 1.19. The van der Waals surface area contributed by atoms with Gasteiger partial charge < -0.3 is 0 Å². The van der Waals surface area contributed by atoms with Crippen LogP contribution in [0.15, 0.2) is 34.4 Å². The largest absolute Gasteiger partial charge is 0.0767 e. The van der Waals surface area contributed by atoms with Gasteiger partial charge in [-0.1, -0.05) is 19.1 Å². The average molecular weight is 160 g/mol. The van der Waals surface area contributed by atoms with E-state index in [4.69, 9.17) is 0 Å². The Morgan fingerprint density at radius 1 is 1.42 bits per heavy atom. The van der Waals surface area contributed by atoms with Gasteiger partial charge in [0, 0.05) is 0 Å². The third-order valence-electron chi connectivity index (χ3n) is 2.96. The van der Waals surface area contributed by atoms with Gasteiger partial charge in [-0.3, -0.25) is 0 Å². The lowest BCUT2D eigenvalue weighted by Crippen LogP contribution is -1.93. The maximum atomic E-state index is 2.41. The Labute approximate surface area is 74.7 Å². The number of hydrogen-bond donors (Lipinski definition) is 0. The maximum absolute atomic E-state index is 2.41. The minimum Gasteiger partial charge on any atom is -0.0767 e. The van der Waals surface area contributed by atoms with Crippen LogP contribution in [-0.4, -0.2) is 0 Å². The lowest BCUT2D eigenvalue weighted by atomic mass is 9.93. The van der Waals surface area contributed by atoms with Gasteiger partial charge in [0.1, 0.15) is 0 Å². The van der Waals surface area contributed by atoms with Crippen LogP contribution < -0.4 is 0 Å². The summed E-state index contributed by atoms with van der Waals surface area (Å²) >= 11 is 0. The SMILES string of the molecule is CCC1=C(C)C2=CCCCC2=C1. The maximum Gasteiger partial charge on any atom is -0.0232 e. The number of rotatable bonds is 1. The Kier molecular flexibility index (Phi) is 1.92. The predicted molar refractivity (Wildman–Crippen MR) is 53.0 cm³/mol. The molecule has 0 N–H and O–H groups in total. The second-order valence-corrected chi connectivity index (χ2v) is 3.68. The summed E-state index contributed by atoms with van der Waals surface area (Å²) in [7, 11) is 0. The molecule has 0 aromatic rings. The molecule has 0 spiro atoms. The molecule has 0 unspecified atom stereocenters. The van der Waals surface area contributed by atoms with Gasteiger partial charge >= 0.3 is 0 Å². The van der Waals surface area contributed by atoms with E-state index in [1.54, 1.807) is 16.7 Å². The van der Waals surface area contributed by atoms with Crippen LogP contribution in [0.2, 0.25) is 0 Å². The summed E-state index contributed by atoms with van der Waals surface area (Å²) in [5.41, 5.74) is 6.24. The summed E-state index contributed by atoms with van der Waals surface area (Å²) in [4.78, 5) is 0. The Balaban J connectivity index is 2.39. The second kappa shape index (κ2) is 2.93. The fourth-order valence-corrected chi connectivity index (χ4v) is 2.21. The molecule has 2 aliphatic rings. The van der Waals surface area contributed by atoms with E-state index in [0.29, 0.717) is 0 Å². The van der Waals surface area contributed by atoms with Crippen molar-refractivity contribution in [3.63, 3.8) is 0 Å². The van der Waals surface area contributed by atoms with E-state index < -0.39 is 0 Å². The molecule has 0 aromatic carbocycles. The van der Waals surface area contributed by atoms with Crippen LogP contribution in [0.25, 0.3) is 0 Å². The summed E-state index contributed by atoms with van der Waals surface area (Å²) in [5, 5.41) is 0. The lowest BCUT2D eigenvalue weighted by molar-refractivity contribution is 0.809. The van der Waals surface area contributed by atoms with E-state index >= 15 is 0 Å². The van der Waals surface area contributed by atoms with Gasteiger partial charge in [0.2, 0.25) is 0 Å². The molecule has 0 fully saturated rings. The zero-order valence-corrected chi connectivity index (χ0v) is 7.98. The Hall–Kier alpha value is -0.780. The lowest BCUT2D eigenvalue weighted by Gasteiger charge is -2.12. The van der Waals surface area contributed by atoms with E-state index in [9.17, 15) is 0 Å². The molecule has 0 aromatic heterocycles. The van der Waals surface area contributed by atoms with Crippen LogP contribution in [0.4, 0.5) is 0 Å². The average Bonchev–Trinajstić information content (AvgIpc) is 2.44. The molecule has 0 heterocycles. The van der Waals surface area contributed by atoms with Gasteiger partial charge in [-0.05, 0) is 54.9 Å². The van der Waals surface area contributed by atoms with Gasteiger partial charge in [-0.2, -0.15) is 0 Å². The third-order valence-corrected chi connectivity index (χ3v) is 2.96. The van der Waals surface area contributed by atoms with Crippen molar-refractivity contribution in [1.82, 2.24) is 0 Å². The highest BCUT2D eigenvalue weighted by atomic mass is 14.2. The molecular weight excluding hydrogens is 144 g/mol. The highest BCUT2D eigenvalue weighted by molar-refractivity contribution is 5.59. The van der Waals surface area contributed by atoms with Crippen LogP contribution in [0.5, 0.6) is 0 Å². The Morgan fingerprint density at radius 2 is 2.25 bits per heavy atom. The monoisotopic (exact) mass is 160 g/mol. The molecule has 0 saturated carbocycles. The van der Waals surface area contributed by atoms with E-state index in [1.807, 2.05) is 0 Å². The first-order valence-corrected chi connectivity index (χ1v) is 4.94. The van der Waals surface area contributed by atoms with Crippen molar-refractivity contribution in [2.45, 2.75) is 39.5 Å². The van der Waals surface area contributed by atoms with Crippen molar-refractivity contribution in [1.29, 1.82) is 0 Å². The highest BCUT2D eigenvalue weighted by Gasteiger charge is 2.18. The molecule has 0 atom stereocenters. The molecular formula is C12H16. The normalized spacial score (nSPS) is 22.2. The topological polar surface area (TPSA) is 0 Å². The van der Waals surface area contributed by atoms with Crippen molar-refractivity contribution in [2.24, 2.45) is 0 Å². The van der Waals surface area contributed by atoms with Crippen LogP contribution >= 0.6 is 0 Å². The van der Waals surface area contributed by atoms with Crippen LogP contribution in [-0.2, 0) is 0 Å². The van der Waals surface area contributed by atoms with Crippen LogP contribution in [0, 0.1) is 0 Å². The van der Waals surface area contributed by atoms with Crippen molar-refractivity contribution in [3.8, 4) is 0 Å². The summed E-state index contributed by atoms with van der Waals surface area (Å²) < 4.78 is 0. The zero-order chi connectivity index (χ0) is 8.55. The second-order valence-electron chi connectivity index (χ2n) is 3.68. The molecule has 0 radical (unpaired) electrons. The first-order valence-electron chi connectivity index (χ1n) is 4.94. The first-order chi connectivity index (χ1) is 5.83. The molecule has 0 amide bonds. The highest BCUT2D eigenvalue weighted by Crippen LogP contribution is 2.37. The molecule has 0 saturated heterocycles. The van der Waals surface area contributed by atoms with Crippen molar-refractivity contribution in [3.05, 3.63) is 34.4 Å².